The highest BCUT2D eigenvalue weighted by Gasteiger charge is 2.26. The number of anilines is 2. The van der Waals surface area contributed by atoms with Gasteiger partial charge in [-0.05, 0) is 52.4 Å². The van der Waals surface area contributed by atoms with Gasteiger partial charge in [-0.3, -0.25) is 4.68 Å². The van der Waals surface area contributed by atoms with Crippen LogP contribution >= 0.6 is 0 Å². The van der Waals surface area contributed by atoms with Crippen molar-refractivity contribution in [3.63, 3.8) is 0 Å². The highest BCUT2D eigenvalue weighted by molar-refractivity contribution is 5.96. The van der Waals surface area contributed by atoms with Crippen LogP contribution in [0.5, 0.6) is 0 Å². The van der Waals surface area contributed by atoms with E-state index in [1.165, 1.54) is 0 Å². The van der Waals surface area contributed by atoms with E-state index in [9.17, 15) is 9.90 Å². The largest absolute Gasteiger partial charge is 0.393 e. The Hall–Kier alpha value is -3.47. The lowest BCUT2D eigenvalue weighted by Crippen LogP contribution is -2.46. The smallest absolute Gasteiger partial charge is 0.317 e. The third kappa shape index (κ3) is 5.31. The number of carbonyl (C=O) groups is 1. The molecule has 1 aliphatic heterocycles. The van der Waals surface area contributed by atoms with Crippen molar-refractivity contribution in [3.8, 4) is 11.1 Å². The summed E-state index contributed by atoms with van der Waals surface area (Å²) in [5.74, 6) is 1.09. The molecular formula is C26H37N9O2. The van der Waals surface area contributed by atoms with Crippen LogP contribution in [-0.2, 0) is 6.42 Å². The maximum atomic E-state index is 12.3. The van der Waals surface area contributed by atoms with Gasteiger partial charge in [0.1, 0.15) is 16.9 Å². The number of rotatable bonds is 6. The molecule has 0 unspecified atom stereocenters. The molecule has 0 radical (unpaired) electrons. The minimum absolute atomic E-state index is 0.00410. The first kappa shape index (κ1) is 25.2. The van der Waals surface area contributed by atoms with Crippen LogP contribution in [0.15, 0.2) is 18.6 Å². The van der Waals surface area contributed by atoms with Gasteiger partial charge in [0.2, 0.25) is 0 Å². The highest BCUT2D eigenvalue weighted by Crippen LogP contribution is 2.33. The number of aliphatic hydroxyl groups excluding tert-OH is 1. The second-order valence-electron chi connectivity index (χ2n) is 10.5. The second-order valence-corrected chi connectivity index (χ2v) is 10.5. The Labute approximate surface area is 216 Å². The number of pyridine rings is 1. The summed E-state index contributed by atoms with van der Waals surface area (Å²) in [5.41, 5.74) is 10.1. The molecule has 0 spiro atoms. The Morgan fingerprint density at radius 2 is 1.95 bits per heavy atom. The molecule has 198 valence electrons. The third-order valence-electron chi connectivity index (χ3n) is 7.33. The van der Waals surface area contributed by atoms with Gasteiger partial charge in [0.25, 0.3) is 0 Å². The number of nitrogens with zero attached hydrogens (tertiary/aromatic N) is 6. The molecule has 2 aliphatic rings. The predicted octanol–water partition coefficient (Wildman–Crippen LogP) is 3.11. The van der Waals surface area contributed by atoms with Crippen molar-refractivity contribution in [1.82, 2.24) is 34.9 Å². The number of aryl methyl sites for hydroxylation is 1. The van der Waals surface area contributed by atoms with Crippen molar-refractivity contribution in [2.24, 2.45) is 0 Å². The summed E-state index contributed by atoms with van der Waals surface area (Å²) in [4.78, 5) is 28.4. The van der Waals surface area contributed by atoms with Gasteiger partial charge >= 0.3 is 6.03 Å². The number of piperidine rings is 1. The zero-order valence-corrected chi connectivity index (χ0v) is 21.8. The van der Waals surface area contributed by atoms with Crippen LogP contribution in [0.3, 0.4) is 0 Å². The number of amides is 2. The van der Waals surface area contributed by atoms with Gasteiger partial charge in [0.15, 0.2) is 5.82 Å². The lowest BCUT2D eigenvalue weighted by Gasteiger charge is -2.32. The highest BCUT2D eigenvalue weighted by atomic mass is 16.3. The summed E-state index contributed by atoms with van der Waals surface area (Å²) < 4.78 is 1.99. The number of urea groups is 1. The van der Waals surface area contributed by atoms with Crippen LogP contribution in [0.4, 0.5) is 16.4 Å². The number of nitrogen functional groups attached to an aromatic ring is 1. The normalized spacial score (nSPS) is 20.6. The Morgan fingerprint density at radius 3 is 2.62 bits per heavy atom. The number of fused-ring (bicyclic) bond motifs is 1. The summed E-state index contributed by atoms with van der Waals surface area (Å²) in [6, 6.07) is 0.509. The van der Waals surface area contributed by atoms with Crippen molar-refractivity contribution in [3.05, 3.63) is 24.3 Å². The molecule has 1 saturated carbocycles. The third-order valence-corrected chi connectivity index (χ3v) is 7.33. The summed E-state index contributed by atoms with van der Waals surface area (Å²) in [7, 11) is 0. The first-order valence-electron chi connectivity index (χ1n) is 13.3. The van der Waals surface area contributed by atoms with Gasteiger partial charge in [-0.15, -0.1) is 0 Å². The molecule has 2 amide bonds. The van der Waals surface area contributed by atoms with E-state index in [0.717, 1.165) is 48.3 Å². The lowest BCUT2D eigenvalue weighted by atomic mass is 10.1. The standard InChI is InChI=1S/C26H37N9O2/c1-4-21-25(31-17-5-6-19(36)11-17)33-22-20(13-28-24(27)23(22)32-21)16-12-29-35(14-16)18-7-9-34(10-8-18)26(37)30-15(2)3/h12-15,17-19,36H,4-11H2,1-3H3,(H2,27,28)(H,30,37)(H,31,33)/t17-,19+/m1/s1. The van der Waals surface area contributed by atoms with Gasteiger partial charge in [-0.25, -0.2) is 19.7 Å². The minimum Gasteiger partial charge on any atom is -0.393 e. The zero-order valence-electron chi connectivity index (χ0n) is 21.8. The molecule has 0 aromatic carbocycles. The fraction of sp³-hybridized carbons (Fsp3) is 0.577. The number of hydrogen-bond donors (Lipinski definition) is 4. The van der Waals surface area contributed by atoms with Crippen molar-refractivity contribution in [2.75, 3.05) is 24.1 Å². The van der Waals surface area contributed by atoms with Gasteiger partial charge in [-0.1, -0.05) is 6.92 Å². The quantitative estimate of drug-likeness (QED) is 0.398. The molecule has 5 N–H and O–H groups in total. The summed E-state index contributed by atoms with van der Waals surface area (Å²) in [6.45, 7) is 7.37. The average molecular weight is 508 g/mol. The summed E-state index contributed by atoms with van der Waals surface area (Å²) >= 11 is 0. The van der Waals surface area contributed by atoms with E-state index in [2.05, 4.69) is 20.7 Å². The van der Waals surface area contributed by atoms with Crippen molar-refractivity contribution in [2.45, 2.75) is 83.5 Å². The van der Waals surface area contributed by atoms with E-state index in [-0.39, 0.29) is 30.3 Å². The fourth-order valence-corrected chi connectivity index (χ4v) is 5.30. The van der Waals surface area contributed by atoms with Crippen LogP contribution in [0.2, 0.25) is 0 Å². The Kier molecular flexibility index (Phi) is 7.14. The van der Waals surface area contributed by atoms with Crippen LogP contribution < -0.4 is 16.4 Å². The number of hydrogen-bond acceptors (Lipinski definition) is 8. The number of aromatic nitrogens is 5. The molecule has 11 heteroatoms. The van der Waals surface area contributed by atoms with Crippen molar-refractivity contribution >= 4 is 28.7 Å². The lowest BCUT2D eigenvalue weighted by molar-refractivity contribution is 0.166. The fourth-order valence-electron chi connectivity index (χ4n) is 5.30. The molecular weight excluding hydrogens is 470 g/mol. The zero-order chi connectivity index (χ0) is 26.1. The topological polar surface area (TPSA) is 147 Å². The molecule has 1 saturated heterocycles. The van der Waals surface area contributed by atoms with E-state index < -0.39 is 0 Å². The Morgan fingerprint density at radius 1 is 1.16 bits per heavy atom. The number of nitrogens with one attached hydrogen (secondary N) is 2. The molecule has 11 nitrogen and oxygen atoms in total. The van der Waals surface area contributed by atoms with E-state index in [1.807, 2.05) is 42.7 Å². The molecule has 0 bridgehead atoms. The van der Waals surface area contributed by atoms with Crippen molar-refractivity contribution in [1.29, 1.82) is 0 Å². The molecule has 37 heavy (non-hydrogen) atoms. The first-order valence-corrected chi connectivity index (χ1v) is 13.3. The average Bonchev–Trinajstić information content (AvgIpc) is 3.53. The molecule has 3 aromatic heterocycles. The van der Waals surface area contributed by atoms with Crippen LogP contribution in [0.1, 0.15) is 64.6 Å². The number of nitrogens with two attached hydrogens (primary N) is 1. The SMILES string of the molecule is CCc1nc2c(N)ncc(-c3cnn(C4CCN(C(=O)NC(C)C)CC4)c3)c2nc1N[C@@H]1CC[C@H](O)C1. The number of carbonyl (C=O) groups excluding carboxylic acids is 1. The number of likely N-dealkylation sites (tertiary alicyclic amines) is 1. The molecule has 4 heterocycles. The molecule has 3 aromatic rings. The molecule has 1 aliphatic carbocycles. The summed E-state index contributed by atoms with van der Waals surface area (Å²) in [5, 5.41) is 21.1. The first-order chi connectivity index (χ1) is 17.8. The second kappa shape index (κ2) is 10.5. The maximum absolute atomic E-state index is 12.3. The van der Waals surface area contributed by atoms with Gasteiger partial charge in [0.05, 0.1) is 24.0 Å². The Bertz CT molecular complexity index is 1270. The molecule has 2 atom stereocenters. The Balaban J connectivity index is 1.39. The van der Waals surface area contributed by atoms with E-state index >= 15 is 0 Å². The summed E-state index contributed by atoms with van der Waals surface area (Å²) in [6.07, 6.45) is 10.1. The minimum atomic E-state index is -0.270. The molecule has 2 fully saturated rings. The monoisotopic (exact) mass is 507 g/mol. The van der Waals surface area contributed by atoms with E-state index in [4.69, 9.17) is 15.7 Å². The van der Waals surface area contributed by atoms with E-state index in [1.54, 1.807) is 6.20 Å². The molecule has 5 rings (SSSR count). The maximum Gasteiger partial charge on any atom is 0.317 e. The van der Waals surface area contributed by atoms with Gasteiger partial charge in [-0.2, -0.15) is 5.10 Å². The van der Waals surface area contributed by atoms with E-state index in [0.29, 0.717) is 42.8 Å². The van der Waals surface area contributed by atoms with Gasteiger partial charge in [0, 0.05) is 48.7 Å². The predicted molar refractivity (Wildman–Crippen MR) is 143 cm³/mol. The number of aliphatic hydroxyl groups is 1. The van der Waals surface area contributed by atoms with Crippen LogP contribution in [0, 0.1) is 0 Å². The van der Waals surface area contributed by atoms with Gasteiger partial charge < -0.3 is 26.4 Å². The van der Waals surface area contributed by atoms with Crippen LogP contribution in [-0.4, -0.2) is 72.0 Å². The van der Waals surface area contributed by atoms with Crippen LogP contribution in [0.25, 0.3) is 22.2 Å². The van der Waals surface area contributed by atoms with Crippen molar-refractivity contribution < 1.29 is 9.90 Å².